The largest absolute Gasteiger partial charge is 0.543 e. The van der Waals surface area contributed by atoms with E-state index in [0.29, 0.717) is 16.7 Å². The van der Waals surface area contributed by atoms with Gasteiger partial charge in [-0.05, 0) is 12.1 Å². The number of halogens is 1. The standard InChI is InChI=1S/C11H8ClNO3/c1-16-8-4-2-3-6-5-7(12)10(11(14)15)13-9(6)8/h2-5H,1H3,(H,14,15)/p-1. The van der Waals surface area contributed by atoms with Gasteiger partial charge in [-0.3, -0.25) is 0 Å². The Morgan fingerprint density at radius 3 is 2.88 bits per heavy atom. The van der Waals surface area contributed by atoms with E-state index in [-0.39, 0.29) is 10.7 Å². The van der Waals surface area contributed by atoms with Crippen molar-refractivity contribution in [1.29, 1.82) is 0 Å². The summed E-state index contributed by atoms with van der Waals surface area (Å²) in [7, 11) is 1.49. The molecule has 5 heteroatoms. The molecule has 1 aromatic heterocycles. The third kappa shape index (κ3) is 1.67. The van der Waals surface area contributed by atoms with E-state index in [1.807, 2.05) is 0 Å². The van der Waals surface area contributed by atoms with Crippen LogP contribution in [0.1, 0.15) is 10.5 Å². The van der Waals surface area contributed by atoms with E-state index < -0.39 is 5.97 Å². The summed E-state index contributed by atoms with van der Waals surface area (Å²) in [5.74, 6) is -0.908. The molecule has 0 aliphatic rings. The molecular weight excluding hydrogens is 230 g/mol. The van der Waals surface area contributed by atoms with Crippen molar-refractivity contribution in [3.8, 4) is 5.75 Å². The number of hydrogen-bond donors (Lipinski definition) is 0. The molecule has 0 aliphatic carbocycles. The second-order valence-corrected chi connectivity index (χ2v) is 3.55. The summed E-state index contributed by atoms with van der Waals surface area (Å²) >= 11 is 5.77. The Balaban J connectivity index is 2.80. The van der Waals surface area contributed by atoms with Crippen molar-refractivity contribution in [3.63, 3.8) is 0 Å². The van der Waals surface area contributed by atoms with Crippen molar-refractivity contribution in [2.75, 3.05) is 7.11 Å². The van der Waals surface area contributed by atoms with Gasteiger partial charge in [-0.2, -0.15) is 0 Å². The minimum absolute atomic E-state index is 0.0563. The average molecular weight is 237 g/mol. The summed E-state index contributed by atoms with van der Waals surface area (Å²) in [4.78, 5) is 14.7. The first-order chi connectivity index (χ1) is 7.63. The first kappa shape index (κ1) is 10.7. The highest BCUT2D eigenvalue weighted by Crippen LogP contribution is 2.27. The van der Waals surface area contributed by atoms with E-state index in [1.54, 1.807) is 18.2 Å². The van der Waals surface area contributed by atoms with E-state index in [9.17, 15) is 9.90 Å². The minimum Gasteiger partial charge on any atom is -0.543 e. The maximum Gasteiger partial charge on any atom is 0.145 e. The number of rotatable bonds is 2. The molecule has 1 aromatic carbocycles. The highest BCUT2D eigenvalue weighted by molar-refractivity contribution is 6.33. The SMILES string of the molecule is COc1cccc2cc(Cl)c(C(=O)[O-])nc12. The van der Waals surface area contributed by atoms with Crippen molar-refractivity contribution in [1.82, 2.24) is 4.98 Å². The van der Waals surface area contributed by atoms with Crippen LogP contribution in [0.25, 0.3) is 10.9 Å². The average Bonchev–Trinajstić information content (AvgIpc) is 2.26. The van der Waals surface area contributed by atoms with Gasteiger partial charge in [0.15, 0.2) is 0 Å². The van der Waals surface area contributed by atoms with Gasteiger partial charge in [-0.15, -0.1) is 0 Å². The van der Waals surface area contributed by atoms with Crippen LogP contribution in [0, 0.1) is 0 Å². The molecular formula is C11H7ClNO3-. The lowest BCUT2D eigenvalue weighted by atomic mass is 10.2. The fourth-order valence-corrected chi connectivity index (χ4v) is 1.69. The maximum absolute atomic E-state index is 10.8. The summed E-state index contributed by atoms with van der Waals surface area (Å²) in [6.45, 7) is 0. The second-order valence-electron chi connectivity index (χ2n) is 3.14. The Labute approximate surface area is 96.4 Å². The fourth-order valence-electron chi connectivity index (χ4n) is 1.45. The smallest absolute Gasteiger partial charge is 0.145 e. The van der Waals surface area contributed by atoms with Crippen LogP contribution in [0.4, 0.5) is 0 Å². The van der Waals surface area contributed by atoms with Crippen LogP contribution < -0.4 is 9.84 Å². The van der Waals surface area contributed by atoms with Gasteiger partial charge < -0.3 is 14.6 Å². The molecule has 0 atom stereocenters. The number of hydrogen-bond acceptors (Lipinski definition) is 4. The molecule has 0 bridgehead atoms. The number of nitrogens with zero attached hydrogens (tertiary/aromatic N) is 1. The van der Waals surface area contributed by atoms with Gasteiger partial charge in [0.1, 0.15) is 17.0 Å². The molecule has 0 fully saturated rings. The number of aromatic nitrogens is 1. The van der Waals surface area contributed by atoms with E-state index in [4.69, 9.17) is 16.3 Å². The van der Waals surface area contributed by atoms with Crippen molar-refractivity contribution >= 4 is 28.5 Å². The lowest BCUT2D eigenvalue weighted by molar-refractivity contribution is -0.255. The van der Waals surface area contributed by atoms with Crippen molar-refractivity contribution < 1.29 is 14.6 Å². The van der Waals surface area contributed by atoms with Crippen LogP contribution >= 0.6 is 11.6 Å². The Kier molecular flexibility index (Phi) is 2.66. The first-order valence-corrected chi connectivity index (χ1v) is 4.86. The van der Waals surface area contributed by atoms with Crippen molar-refractivity contribution in [2.45, 2.75) is 0 Å². The monoisotopic (exact) mass is 236 g/mol. The molecule has 0 saturated heterocycles. The molecule has 16 heavy (non-hydrogen) atoms. The summed E-state index contributed by atoms with van der Waals surface area (Å²) in [5, 5.41) is 11.5. The lowest BCUT2D eigenvalue weighted by Gasteiger charge is -2.09. The van der Waals surface area contributed by atoms with E-state index in [0.717, 1.165) is 0 Å². The predicted octanol–water partition coefficient (Wildman–Crippen LogP) is 1.26. The molecule has 2 rings (SSSR count). The number of carbonyl (C=O) groups excluding carboxylic acids is 1. The zero-order valence-electron chi connectivity index (χ0n) is 8.36. The molecule has 82 valence electrons. The highest BCUT2D eigenvalue weighted by Gasteiger charge is 2.09. The Bertz CT molecular complexity index is 568. The molecule has 0 radical (unpaired) electrons. The van der Waals surface area contributed by atoms with Gasteiger partial charge in [-0.25, -0.2) is 4.98 Å². The minimum atomic E-state index is -1.40. The van der Waals surface area contributed by atoms with Gasteiger partial charge >= 0.3 is 0 Å². The molecule has 2 aromatic rings. The molecule has 4 nitrogen and oxygen atoms in total. The first-order valence-electron chi connectivity index (χ1n) is 4.48. The van der Waals surface area contributed by atoms with Gasteiger partial charge in [0, 0.05) is 5.39 Å². The molecule has 0 saturated carbocycles. The number of ether oxygens (including phenoxy) is 1. The van der Waals surface area contributed by atoms with E-state index in [1.165, 1.54) is 13.2 Å². The van der Waals surface area contributed by atoms with Gasteiger partial charge in [-0.1, -0.05) is 23.7 Å². The number of para-hydroxylation sites is 1. The molecule has 0 N–H and O–H groups in total. The zero-order chi connectivity index (χ0) is 11.7. The lowest BCUT2D eigenvalue weighted by Crippen LogP contribution is -2.24. The summed E-state index contributed by atoms with van der Waals surface area (Å²) < 4.78 is 5.08. The Hall–Kier alpha value is -1.81. The van der Waals surface area contributed by atoms with Gasteiger partial charge in [0.25, 0.3) is 0 Å². The number of methoxy groups -OCH3 is 1. The van der Waals surface area contributed by atoms with Gasteiger partial charge in [0.05, 0.1) is 18.1 Å². The Morgan fingerprint density at radius 1 is 1.50 bits per heavy atom. The second kappa shape index (κ2) is 3.98. The highest BCUT2D eigenvalue weighted by atomic mass is 35.5. The number of fused-ring (bicyclic) bond motifs is 1. The molecule has 0 spiro atoms. The zero-order valence-corrected chi connectivity index (χ0v) is 9.12. The van der Waals surface area contributed by atoms with Crippen LogP contribution in [0.3, 0.4) is 0 Å². The normalized spacial score (nSPS) is 10.4. The van der Waals surface area contributed by atoms with E-state index in [2.05, 4.69) is 4.98 Å². The van der Waals surface area contributed by atoms with Crippen LogP contribution in [0.15, 0.2) is 24.3 Å². The summed E-state index contributed by atoms with van der Waals surface area (Å²) in [6.07, 6.45) is 0. The number of pyridine rings is 1. The fraction of sp³-hybridized carbons (Fsp3) is 0.0909. The molecule has 0 unspecified atom stereocenters. The number of carbonyl (C=O) groups is 1. The van der Waals surface area contributed by atoms with Gasteiger partial charge in [0.2, 0.25) is 0 Å². The molecule has 0 aliphatic heterocycles. The summed E-state index contributed by atoms with van der Waals surface area (Å²) in [5.41, 5.74) is 0.173. The van der Waals surface area contributed by atoms with Crippen molar-refractivity contribution in [3.05, 3.63) is 35.0 Å². The third-order valence-electron chi connectivity index (χ3n) is 2.18. The maximum atomic E-state index is 10.8. The van der Waals surface area contributed by atoms with Crippen LogP contribution in [-0.2, 0) is 0 Å². The van der Waals surface area contributed by atoms with Crippen molar-refractivity contribution in [2.24, 2.45) is 0 Å². The number of benzene rings is 1. The topological polar surface area (TPSA) is 62.2 Å². The quantitative estimate of drug-likeness (QED) is 0.788. The number of carboxylic acids is 1. The van der Waals surface area contributed by atoms with Crippen LogP contribution in [0.2, 0.25) is 5.02 Å². The number of carboxylic acid groups (broad SMARTS) is 1. The van der Waals surface area contributed by atoms with Crippen LogP contribution in [-0.4, -0.2) is 18.1 Å². The molecule has 1 heterocycles. The molecule has 0 amide bonds. The predicted molar refractivity (Wildman–Crippen MR) is 57.6 cm³/mol. The Morgan fingerprint density at radius 2 is 2.25 bits per heavy atom. The third-order valence-corrected chi connectivity index (χ3v) is 2.46. The summed E-state index contributed by atoms with van der Waals surface area (Å²) in [6, 6.07) is 6.77. The van der Waals surface area contributed by atoms with E-state index >= 15 is 0 Å². The van der Waals surface area contributed by atoms with Crippen LogP contribution in [0.5, 0.6) is 5.75 Å². The number of aromatic carboxylic acids is 1.